The third kappa shape index (κ3) is 1.43. The molecule has 1 aliphatic heterocycles. The van der Waals surface area contributed by atoms with Gasteiger partial charge in [0.25, 0.3) is 0 Å². The van der Waals surface area contributed by atoms with Gasteiger partial charge < -0.3 is 14.2 Å². The van der Waals surface area contributed by atoms with Gasteiger partial charge in [0.2, 0.25) is 6.29 Å². The molecule has 1 fully saturated rings. The van der Waals surface area contributed by atoms with Gasteiger partial charge in [0.05, 0.1) is 6.61 Å². The summed E-state index contributed by atoms with van der Waals surface area (Å²) in [7, 11) is 1.56. The van der Waals surface area contributed by atoms with E-state index in [-0.39, 0.29) is 6.29 Å². The zero-order chi connectivity index (χ0) is 6.69. The molecule has 1 rings (SSSR count). The van der Waals surface area contributed by atoms with Gasteiger partial charge in [-0.2, -0.15) is 0 Å². The number of hydrogen-bond donors (Lipinski definition) is 0. The van der Waals surface area contributed by atoms with Crippen molar-refractivity contribution in [1.82, 2.24) is 0 Å². The van der Waals surface area contributed by atoms with Crippen LogP contribution < -0.4 is 0 Å². The molecule has 0 radical (unpaired) electrons. The standard InChI is InChI=1S/C6H10O3/c1-5-6(7-2)9-4-3-8-5/h6H,1,3-4H2,2H3. The average Bonchev–Trinajstić information content (AvgIpc) is 1.89. The van der Waals surface area contributed by atoms with Crippen LogP contribution in [0.3, 0.4) is 0 Å². The molecule has 0 aromatic rings. The molecule has 0 saturated carbocycles. The van der Waals surface area contributed by atoms with E-state index in [2.05, 4.69) is 6.58 Å². The van der Waals surface area contributed by atoms with Gasteiger partial charge in [-0.3, -0.25) is 0 Å². The predicted octanol–water partition coefficient (Wildman–Crippen LogP) is 0.519. The van der Waals surface area contributed by atoms with E-state index in [4.69, 9.17) is 14.2 Å². The van der Waals surface area contributed by atoms with Crippen LogP contribution in [0, 0.1) is 0 Å². The second kappa shape index (κ2) is 2.85. The molecule has 0 aromatic carbocycles. The molecule has 0 N–H and O–H groups in total. The zero-order valence-corrected chi connectivity index (χ0v) is 5.42. The Morgan fingerprint density at radius 3 is 2.89 bits per heavy atom. The molecular formula is C6H10O3. The van der Waals surface area contributed by atoms with Gasteiger partial charge in [0.15, 0.2) is 0 Å². The Labute approximate surface area is 54.2 Å². The fourth-order valence-electron chi connectivity index (χ4n) is 0.688. The van der Waals surface area contributed by atoms with Crippen LogP contribution in [-0.4, -0.2) is 26.6 Å². The minimum atomic E-state index is -0.362. The van der Waals surface area contributed by atoms with Crippen molar-refractivity contribution in [3.8, 4) is 0 Å². The molecule has 1 atom stereocenters. The number of hydrogen-bond acceptors (Lipinski definition) is 3. The van der Waals surface area contributed by atoms with Crippen molar-refractivity contribution in [2.75, 3.05) is 20.3 Å². The average molecular weight is 130 g/mol. The molecule has 0 spiro atoms. The third-order valence-electron chi connectivity index (χ3n) is 1.12. The molecule has 52 valence electrons. The smallest absolute Gasteiger partial charge is 0.215 e. The van der Waals surface area contributed by atoms with Crippen molar-refractivity contribution in [3.05, 3.63) is 12.3 Å². The molecule has 1 saturated heterocycles. The van der Waals surface area contributed by atoms with Crippen LogP contribution in [0.25, 0.3) is 0 Å². The van der Waals surface area contributed by atoms with Crippen LogP contribution in [0.1, 0.15) is 0 Å². The van der Waals surface area contributed by atoms with E-state index in [1.807, 2.05) is 0 Å². The topological polar surface area (TPSA) is 27.7 Å². The maximum Gasteiger partial charge on any atom is 0.215 e. The highest BCUT2D eigenvalue weighted by atomic mass is 16.7. The van der Waals surface area contributed by atoms with Crippen molar-refractivity contribution in [2.24, 2.45) is 0 Å². The summed E-state index contributed by atoms with van der Waals surface area (Å²) in [6.45, 7) is 4.76. The highest BCUT2D eigenvalue weighted by molar-refractivity contribution is 4.89. The summed E-state index contributed by atoms with van der Waals surface area (Å²) in [4.78, 5) is 0. The fourth-order valence-corrected chi connectivity index (χ4v) is 0.688. The quantitative estimate of drug-likeness (QED) is 0.518. The van der Waals surface area contributed by atoms with Crippen LogP contribution >= 0.6 is 0 Å². The Morgan fingerprint density at radius 1 is 1.67 bits per heavy atom. The monoisotopic (exact) mass is 130 g/mol. The van der Waals surface area contributed by atoms with Crippen molar-refractivity contribution in [3.63, 3.8) is 0 Å². The number of methoxy groups -OCH3 is 1. The molecule has 3 heteroatoms. The lowest BCUT2D eigenvalue weighted by atomic mass is 10.5. The zero-order valence-electron chi connectivity index (χ0n) is 5.42. The van der Waals surface area contributed by atoms with Gasteiger partial charge >= 0.3 is 0 Å². The van der Waals surface area contributed by atoms with Crippen LogP contribution in [0.2, 0.25) is 0 Å². The van der Waals surface area contributed by atoms with Crippen molar-refractivity contribution in [2.45, 2.75) is 6.29 Å². The Kier molecular flexibility index (Phi) is 2.08. The van der Waals surface area contributed by atoms with Gasteiger partial charge in [-0.15, -0.1) is 0 Å². The van der Waals surface area contributed by atoms with Gasteiger partial charge in [0.1, 0.15) is 12.4 Å². The molecule has 0 aromatic heterocycles. The Balaban J connectivity index is 2.39. The Hall–Kier alpha value is -0.540. The first-order valence-electron chi connectivity index (χ1n) is 2.80. The SMILES string of the molecule is C=C1OCCOC1OC. The summed E-state index contributed by atoms with van der Waals surface area (Å²) < 4.78 is 15.0. The van der Waals surface area contributed by atoms with E-state index < -0.39 is 0 Å². The van der Waals surface area contributed by atoms with Crippen molar-refractivity contribution < 1.29 is 14.2 Å². The summed E-state index contributed by atoms with van der Waals surface area (Å²) in [5, 5.41) is 0. The van der Waals surface area contributed by atoms with Crippen LogP contribution in [0.15, 0.2) is 12.3 Å². The molecule has 0 bridgehead atoms. The molecule has 1 heterocycles. The molecular weight excluding hydrogens is 120 g/mol. The van der Waals surface area contributed by atoms with Crippen LogP contribution in [-0.2, 0) is 14.2 Å². The van der Waals surface area contributed by atoms with Crippen LogP contribution in [0.4, 0.5) is 0 Å². The molecule has 9 heavy (non-hydrogen) atoms. The van der Waals surface area contributed by atoms with E-state index in [1.54, 1.807) is 7.11 Å². The first-order valence-corrected chi connectivity index (χ1v) is 2.80. The summed E-state index contributed by atoms with van der Waals surface area (Å²) in [6.07, 6.45) is -0.362. The minimum absolute atomic E-state index is 0.362. The summed E-state index contributed by atoms with van der Waals surface area (Å²) in [6, 6.07) is 0. The van der Waals surface area contributed by atoms with Gasteiger partial charge in [0, 0.05) is 7.11 Å². The molecule has 1 aliphatic rings. The van der Waals surface area contributed by atoms with Crippen LogP contribution in [0.5, 0.6) is 0 Å². The lowest BCUT2D eigenvalue weighted by Crippen LogP contribution is -2.27. The van der Waals surface area contributed by atoms with E-state index in [0.717, 1.165) is 0 Å². The van der Waals surface area contributed by atoms with E-state index in [1.165, 1.54) is 0 Å². The highest BCUT2D eigenvalue weighted by Crippen LogP contribution is 2.11. The summed E-state index contributed by atoms with van der Waals surface area (Å²) >= 11 is 0. The summed E-state index contributed by atoms with van der Waals surface area (Å²) in [5.74, 6) is 0.559. The second-order valence-corrected chi connectivity index (χ2v) is 1.75. The van der Waals surface area contributed by atoms with E-state index in [9.17, 15) is 0 Å². The molecule has 1 unspecified atom stereocenters. The molecule has 0 aliphatic carbocycles. The summed E-state index contributed by atoms with van der Waals surface area (Å²) in [5.41, 5.74) is 0. The fraction of sp³-hybridized carbons (Fsp3) is 0.667. The Morgan fingerprint density at radius 2 is 2.44 bits per heavy atom. The maximum absolute atomic E-state index is 5.09. The third-order valence-corrected chi connectivity index (χ3v) is 1.12. The molecule has 0 amide bonds. The van der Waals surface area contributed by atoms with Gasteiger partial charge in [-0.1, -0.05) is 6.58 Å². The normalized spacial score (nSPS) is 27.7. The predicted molar refractivity (Wildman–Crippen MR) is 31.8 cm³/mol. The van der Waals surface area contributed by atoms with Crippen molar-refractivity contribution in [1.29, 1.82) is 0 Å². The number of rotatable bonds is 1. The largest absolute Gasteiger partial charge is 0.491 e. The lowest BCUT2D eigenvalue weighted by Gasteiger charge is -2.23. The lowest BCUT2D eigenvalue weighted by molar-refractivity contribution is -0.162. The maximum atomic E-state index is 5.09. The minimum Gasteiger partial charge on any atom is -0.491 e. The molecule has 3 nitrogen and oxygen atoms in total. The first kappa shape index (κ1) is 6.58. The van der Waals surface area contributed by atoms with E-state index in [0.29, 0.717) is 19.0 Å². The van der Waals surface area contributed by atoms with E-state index >= 15 is 0 Å². The van der Waals surface area contributed by atoms with Gasteiger partial charge in [-0.25, -0.2) is 0 Å². The Bertz CT molecular complexity index is 111. The highest BCUT2D eigenvalue weighted by Gasteiger charge is 2.17. The van der Waals surface area contributed by atoms with Crippen molar-refractivity contribution >= 4 is 0 Å². The number of ether oxygens (including phenoxy) is 3. The van der Waals surface area contributed by atoms with Gasteiger partial charge in [-0.05, 0) is 0 Å². The second-order valence-electron chi connectivity index (χ2n) is 1.75. The first-order chi connectivity index (χ1) is 4.34.